The number of anilines is 1. The minimum atomic E-state index is -0.288. The third kappa shape index (κ3) is 4.38. The lowest BCUT2D eigenvalue weighted by Crippen LogP contribution is -2.31. The third-order valence-electron chi connectivity index (χ3n) is 4.08. The molecule has 0 atom stereocenters. The molecule has 0 aliphatic heterocycles. The van der Waals surface area contributed by atoms with Crippen LogP contribution in [0.5, 0.6) is 0 Å². The Kier molecular flexibility index (Phi) is 5.53. The van der Waals surface area contributed by atoms with Crippen LogP contribution in [0.3, 0.4) is 0 Å². The molecule has 7 heteroatoms. The molecule has 1 aromatic carbocycles. The summed E-state index contributed by atoms with van der Waals surface area (Å²) in [7, 11) is 0. The smallest absolute Gasteiger partial charge is 0.286 e. The molecule has 0 bridgehead atoms. The Morgan fingerprint density at radius 1 is 1.08 bits per heavy atom. The number of aromatic nitrogens is 2. The average molecular weight is 344 g/mol. The van der Waals surface area contributed by atoms with Crippen molar-refractivity contribution < 1.29 is 9.59 Å². The molecule has 1 saturated carbocycles. The topological polar surface area (TPSA) is 84.0 Å². The number of carbonyl (C=O) groups excluding carboxylic acids is 2. The summed E-state index contributed by atoms with van der Waals surface area (Å²) in [6.07, 6.45) is 5.40. The van der Waals surface area contributed by atoms with Crippen LogP contribution in [0.15, 0.2) is 30.3 Å². The molecular weight excluding hydrogens is 324 g/mol. The van der Waals surface area contributed by atoms with E-state index in [9.17, 15) is 9.59 Å². The molecule has 1 heterocycles. The first kappa shape index (κ1) is 16.6. The molecule has 1 aliphatic rings. The summed E-state index contributed by atoms with van der Waals surface area (Å²) >= 11 is 1.20. The molecule has 0 saturated heterocycles. The summed E-state index contributed by atoms with van der Waals surface area (Å²) in [5.74, 6) is -0.0868. The van der Waals surface area contributed by atoms with E-state index in [1.54, 1.807) is 0 Å². The van der Waals surface area contributed by atoms with Gasteiger partial charge < -0.3 is 10.6 Å². The predicted octanol–water partition coefficient (Wildman–Crippen LogP) is 2.99. The Labute approximate surface area is 144 Å². The highest BCUT2D eigenvalue weighted by atomic mass is 32.1. The van der Waals surface area contributed by atoms with Crippen LogP contribution in [0.25, 0.3) is 0 Å². The van der Waals surface area contributed by atoms with Crippen LogP contribution in [0.1, 0.15) is 46.9 Å². The van der Waals surface area contributed by atoms with Gasteiger partial charge in [-0.2, -0.15) is 0 Å². The zero-order valence-electron chi connectivity index (χ0n) is 13.3. The molecule has 2 aromatic rings. The second kappa shape index (κ2) is 8.01. The molecule has 2 N–H and O–H groups in total. The quantitative estimate of drug-likeness (QED) is 0.873. The van der Waals surface area contributed by atoms with Gasteiger partial charge in [-0.25, -0.2) is 0 Å². The van der Waals surface area contributed by atoms with Crippen molar-refractivity contribution in [1.82, 2.24) is 15.5 Å². The van der Waals surface area contributed by atoms with Gasteiger partial charge in [0.1, 0.15) is 5.01 Å². The van der Waals surface area contributed by atoms with Crippen molar-refractivity contribution in [2.45, 2.75) is 38.6 Å². The number of para-hydroxylation sites is 1. The summed E-state index contributed by atoms with van der Waals surface area (Å²) in [5.41, 5.74) is 0.713. The van der Waals surface area contributed by atoms with E-state index in [-0.39, 0.29) is 17.7 Å². The van der Waals surface area contributed by atoms with Crippen molar-refractivity contribution in [3.63, 3.8) is 0 Å². The fourth-order valence-corrected chi connectivity index (χ4v) is 3.47. The molecule has 0 radical (unpaired) electrons. The van der Waals surface area contributed by atoms with Gasteiger partial charge >= 0.3 is 0 Å². The van der Waals surface area contributed by atoms with Crippen molar-refractivity contribution in [1.29, 1.82) is 0 Å². The fraction of sp³-hybridized carbons (Fsp3) is 0.412. The van der Waals surface area contributed by atoms with Crippen molar-refractivity contribution in [2.75, 3.05) is 5.32 Å². The van der Waals surface area contributed by atoms with Crippen LogP contribution in [0.4, 0.5) is 5.69 Å². The number of benzene rings is 1. The first-order chi connectivity index (χ1) is 11.7. The van der Waals surface area contributed by atoms with Crippen LogP contribution >= 0.6 is 11.3 Å². The molecule has 1 aromatic heterocycles. The van der Waals surface area contributed by atoms with E-state index >= 15 is 0 Å². The molecule has 126 valence electrons. The Morgan fingerprint density at radius 3 is 2.58 bits per heavy atom. The Bertz CT molecular complexity index is 696. The number of nitrogens with one attached hydrogen (secondary N) is 2. The maximum Gasteiger partial charge on any atom is 0.286 e. The molecule has 3 rings (SSSR count). The highest BCUT2D eigenvalue weighted by Crippen LogP contribution is 2.23. The van der Waals surface area contributed by atoms with E-state index in [2.05, 4.69) is 20.8 Å². The van der Waals surface area contributed by atoms with Crippen molar-refractivity contribution in [2.24, 2.45) is 5.92 Å². The largest absolute Gasteiger partial charge is 0.349 e. The molecule has 0 spiro atoms. The first-order valence-corrected chi connectivity index (χ1v) is 9.00. The van der Waals surface area contributed by atoms with E-state index in [1.165, 1.54) is 17.8 Å². The molecule has 6 nitrogen and oxygen atoms in total. The van der Waals surface area contributed by atoms with Crippen molar-refractivity contribution in [3.8, 4) is 0 Å². The molecule has 1 fully saturated rings. The highest BCUT2D eigenvalue weighted by molar-refractivity contribution is 7.13. The van der Waals surface area contributed by atoms with Gasteiger partial charge in [-0.05, 0) is 25.0 Å². The number of carbonyl (C=O) groups is 2. The molecular formula is C17H20N4O2S. The third-order valence-corrected chi connectivity index (χ3v) is 5.00. The maximum absolute atomic E-state index is 12.1. The van der Waals surface area contributed by atoms with E-state index in [0.29, 0.717) is 22.2 Å². The normalized spacial score (nSPS) is 15.0. The maximum atomic E-state index is 12.1. The predicted molar refractivity (Wildman–Crippen MR) is 92.7 cm³/mol. The zero-order valence-corrected chi connectivity index (χ0v) is 14.1. The van der Waals surface area contributed by atoms with Gasteiger partial charge in [-0.3, -0.25) is 9.59 Å². The Morgan fingerprint density at radius 2 is 1.83 bits per heavy atom. The van der Waals surface area contributed by atoms with Gasteiger partial charge in [0.15, 0.2) is 0 Å². The summed E-state index contributed by atoms with van der Waals surface area (Å²) in [4.78, 5) is 24.2. The van der Waals surface area contributed by atoms with Gasteiger partial charge in [0.2, 0.25) is 10.9 Å². The lowest BCUT2D eigenvalue weighted by Gasteiger charge is -2.20. The van der Waals surface area contributed by atoms with Gasteiger partial charge in [0.05, 0.1) is 6.54 Å². The minimum absolute atomic E-state index is 0.0835. The lowest BCUT2D eigenvalue weighted by molar-refractivity contribution is -0.126. The minimum Gasteiger partial charge on any atom is -0.349 e. The fourth-order valence-electron chi connectivity index (χ4n) is 2.79. The number of hydrogen-bond donors (Lipinski definition) is 2. The zero-order chi connectivity index (χ0) is 16.8. The van der Waals surface area contributed by atoms with E-state index in [0.717, 1.165) is 25.7 Å². The summed E-state index contributed by atoms with van der Waals surface area (Å²) < 4.78 is 0. The van der Waals surface area contributed by atoms with E-state index in [4.69, 9.17) is 0 Å². The highest BCUT2D eigenvalue weighted by Gasteiger charge is 2.21. The van der Waals surface area contributed by atoms with Gasteiger partial charge in [-0.15, -0.1) is 10.2 Å². The monoisotopic (exact) mass is 344 g/mol. The molecule has 1 aliphatic carbocycles. The second-order valence-corrected chi connectivity index (χ2v) is 6.94. The number of rotatable bonds is 5. The molecule has 0 unspecified atom stereocenters. The van der Waals surface area contributed by atoms with Gasteiger partial charge in [0.25, 0.3) is 5.91 Å². The number of hydrogen-bond acceptors (Lipinski definition) is 5. The van der Waals surface area contributed by atoms with Crippen LogP contribution in [0.2, 0.25) is 0 Å². The second-order valence-electron chi connectivity index (χ2n) is 5.87. The number of amides is 2. The van der Waals surface area contributed by atoms with Crippen molar-refractivity contribution in [3.05, 3.63) is 40.3 Å². The van der Waals surface area contributed by atoms with Gasteiger partial charge in [0, 0.05) is 11.6 Å². The van der Waals surface area contributed by atoms with Gasteiger partial charge in [-0.1, -0.05) is 48.8 Å². The molecule has 24 heavy (non-hydrogen) atoms. The summed E-state index contributed by atoms with van der Waals surface area (Å²) in [5, 5.41) is 14.5. The van der Waals surface area contributed by atoms with Crippen LogP contribution in [-0.2, 0) is 11.3 Å². The Hall–Kier alpha value is -2.28. The van der Waals surface area contributed by atoms with Crippen LogP contribution in [-0.4, -0.2) is 22.0 Å². The summed E-state index contributed by atoms with van der Waals surface area (Å²) in [6, 6.07) is 9.20. The average Bonchev–Trinajstić information content (AvgIpc) is 3.10. The SMILES string of the molecule is O=C(Nc1ccccc1)c1nnc(CNC(=O)C2CCCCC2)s1. The van der Waals surface area contributed by atoms with Crippen molar-refractivity contribution >= 4 is 28.8 Å². The van der Waals surface area contributed by atoms with E-state index < -0.39 is 0 Å². The standard InChI is InChI=1S/C17H20N4O2S/c22-15(12-7-3-1-4-8-12)18-11-14-20-21-17(24-14)16(23)19-13-9-5-2-6-10-13/h2,5-6,9-10,12H,1,3-4,7-8,11H2,(H,18,22)(H,19,23). The van der Waals surface area contributed by atoms with E-state index in [1.807, 2.05) is 30.3 Å². The first-order valence-electron chi connectivity index (χ1n) is 8.19. The lowest BCUT2D eigenvalue weighted by atomic mass is 9.89. The summed E-state index contributed by atoms with van der Waals surface area (Å²) in [6.45, 7) is 0.325. The molecule has 2 amide bonds. The van der Waals surface area contributed by atoms with Crippen LogP contribution < -0.4 is 10.6 Å². The van der Waals surface area contributed by atoms with Crippen LogP contribution in [0, 0.1) is 5.92 Å². The number of nitrogens with zero attached hydrogens (tertiary/aromatic N) is 2. The Balaban J connectivity index is 1.51.